The monoisotopic (exact) mass is 501 g/mol. The summed E-state index contributed by atoms with van der Waals surface area (Å²) in [5, 5.41) is 14.1. The van der Waals surface area contributed by atoms with Crippen LogP contribution in [0.4, 0.5) is 4.79 Å². The van der Waals surface area contributed by atoms with Crippen molar-refractivity contribution in [2.24, 2.45) is 5.92 Å². The van der Waals surface area contributed by atoms with E-state index in [4.69, 9.17) is 20.9 Å². The third-order valence-electron chi connectivity index (χ3n) is 7.20. The van der Waals surface area contributed by atoms with E-state index in [1.165, 1.54) is 0 Å². The molecule has 1 unspecified atom stereocenters. The number of nitrogens with zero attached hydrogens (tertiary/aromatic N) is 5. The zero-order chi connectivity index (χ0) is 24.7. The summed E-state index contributed by atoms with van der Waals surface area (Å²) in [6, 6.07) is 17.0. The molecule has 3 heterocycles. The van der Waals surface area contributed by atoms with Gasteiger partial charge in [-0.1, -0.05) is 28.9 Å². The van der Waals surface area contributed by atoms with Crippen molar-refractivity contribution in [3.05, 3.63) is 71.2 Å². The standard InChI is InChI=1S/C27H24ClN5O3/c28-21-6-4-20(5-7-21)24-11-22(36-31-24)15-32-16-27(35-26(32)34)9-1-2-19(12-27)14-33-17-30-23-8-3-18(13-29)10-25(23)33/h3-8,10-11,17,19H,1-2,9,12,14-16H2/t19-,27?/m0/s1. The number of halogens is 1. The van der Waals surface area contributed by atoms with Gasteiger partial charge in [0.05, 0.1) is 42.1 Å². The number of ether oxygens (including phenoxy) is 1. The largest absolute Gasteiger partial charge is 0.441 e. The highest BCUT2D eigenvalue weighted by Crippen LogP contribution is 2.41. The fraction of sp³-hybridized carbons (Fsp3) is 0.333. The maximum absolute atomic E-state index is 12.8. The van der Waals surface area contributed by atoms with E-state index in [2.05, 4.69) is 20.8 Å². The van der Waals surface area contributed by atoms with E-state index in [0.717, 1.165) is 48.8 Å². The topological polar surface area (TPSA) is 97.2 Å². The summed E-state index contributed by atoms with van der Waals surface area (Å²) in [5.41, 5.74) is 3.57. The average Bonchev–Trinajstić information content (AvgIpc) is 3.58. The zero-order valence-corrected chi connectivity index (χ0v) is 20.3. The van der Waals surface area contributed by atoms with E-state index < -0.39 is 5.60 Å². The normalized spacial score (nSPS) is 21.7. The first-order valence-corrected chi connectivity index (χ1v) is 12.4. The number of nitriles is 1. The van der Waals surface area contributed by atoms with Crippen molar-refractivity contribution in [1.82, 2.24) is 19.6 Å². The lowest BCUT2D eigenvalue weighted by Crippen LogP contribution is -2.40. The Morgan fingerprint density at radius 2 is 2.06 bits per heavy atom. The Hall–Kier alpha value is -3.83. The predicted molar refractivity (Wildman–Crippen MR) is 133 cm³/mol. The number of carbonyl (C=O) groups is 1. The van der Waals surface area contributed by atoms with E-state index in [-0.39, 0.29) is 6.09 Å². The molecule has 0 radical (unpaired) electrons. The lowest BCUT2D eigenvalue weighted by atomic mass is 9.78. The van der Waals surface area contributed by atoms with Gasteiger partial charge in [-0.15, -0.1) is 0 Å². The van der Waals surface area contributed by atoms with E-state index in [1.54, 1.807) is 23.1 Å². The molecular formula is C27H24ClN5O3. The molecule has 2 aromatic heterocycles. The number of benzene rings is 2. The van der Waals surface area contributed by atoms with E-state index in [0.29, 0.717) is 41.0 Å². The summed E-state index contributed by atoms with van der Waals surface area (Å²) in [6.07, 6.45) is 5.21. The van der Waals surface area contributed by atoms with Gasteiger partial charge in [0.25, 0.3) is 0 Å². The lowest BCUT2D eigenvalue weighted by Gasteiger charge is -2.36. The molecule has 0 N–H and O–H groups in total. The van der Waals surface area contributed by atoms with Crippen LogP contribution in [0, 0.1) is 17.2 Å². The Morgan fingerprint density at radius 3 is 2.89 bits per heavy atom. The summed E-state index contributed by atoms with van der Waals surface area (Å²) < 4.78 is 13.6. The number of hydrogen-bond acceptors (Lipinski definition) is 6. The third-order valence-corrected chi connectivity index (χ3v) is 7.45. The van der Waals surface area contributed by atoms with Crippen LogP contribution in [0.25, 0.3) is 22.3 Å². The Bertz CT molecular complexity index is 1470. The Labute approximate surface area is 213 Å². The van der Waals surface area contributed by atoms with Crippen LogP contribution in [0.15, 0.2) is 59.4 Å². The fourth-order valence-corrected chi connectivity index (χ4v) is 5.66. The van der Waals surface area contributed by atoms with Gasteiger partial charge in [0, 0.05) is 23.2 Å². The highest BCUT2D eigenvalue weighted by molar-refractivity contribution is 6.30. The molecule has 2 aromatic carbocycles. The van der Waals surface area contributed by atoms with Gasteiger partial charge in [0.2, 0.25) is 0 Å². The molecule has 2 aliphatic rings. The van der Waals surface area contributed by atoms with Crippen LogP contribution >= 0.6 is 11.6 Å². The SMILES string of the molecule is N#Cc1ccc2ncn(C[C@H]3CCCC4(C3)CN(Cc3cc(-c5ccc(Cl)cc5)no3)C(=O)O4)c2c1. The number of hydrogen-bond donors (Lipinski definition) is 0. The molecule has 2 fully saturated rings. The predicted octanol–water partition coefficient (Wildman–Crippen LogP) is 5.80. The minimum absolute atomic E-state index is 0.313. The molecule has 1 aliphatic heterocycles. The van der Waals surface area contributed by atoms with Crippen molar-refractivity contribution in [3.8, 4) is 17.3 Å². The Morgan fingerprint density at radius 1 is 1.19 bits per heavy atom. The quantitative estimate of drug-likeness (QED) is 0.343. The van der Waals surface area contributed by atoms with Gasteiger partial charge in [-0.2, -0.15) is 5.26 Å². The van der Waals surface area contributed by atoms with Crippen molar-refractivity contribution in [2.45, 2.75) is 44.4 Å². The number of fused-ring (bicyclic) bond motifs is 1. The first-order valence-electron chi connectivity index (χ1n) is 12.0. The van der Waals surface area contributed by atoms with Crippen LogP contribution in [0.5, 0.6) is 0 Å². The average molecular weight is 502 g/mol. The number of carbonyl (C=O) groups excluding carboxylic acids is 1. The van der Waals surface area contributed by atoms with Crippen LogP contribution < -0.4 is 0 Å². The van der Waals surface area contributed by atoms with Crippen LogP contribution in [0.3, 0.4) is 0 Å². The highest BCUT2D eigenvalue weighted by Gasteiger charge is 2.48. The Kier molecular flexibility index (Phi) is 5.65. The van der Waals surface area contributed by atoms with Crippen LogP contribution in [0.1, 0.15) is 37.0 Å². The maximum atomic E-state index is 12.8. The molecule has 36 heavy (non-hydrogen) atoms. The zero-order valence-electron chi connectivity index (χ0n) is 19.6. The molecular weight excluding hydrogens is 478 g/mol. The molecule has 6 rings (SSSR count). The first-order chi connectivity index (χ1) is 17.5. The Balaban J connectivity index is 1.14. The molecule has 182 valence electrons. The molecule has 0 bridgehead atoms. The van der Waals surface area contributed by atoms with E-state index in [1.807, 2.05) is 36.7 Å². The molecule has 1 aliphatic carbocycles. The maximum Gasteiger partial charge on any atom is 0.410 e. The second kappa shape index (κ2) is 8.99. The number of amides is 1. The number of rotatable bonds is 5. The summed E-state index contributed by atoms with van der Waals surface area (Å²) in [6.45, 7) is 1.62. The molecule has 1 saturated carbocycles. The molecule has 1 saturated heterocycles. The van der Waals surface area contributed by atoms with Crippen LogP contribution in [-0.4, -0.2) is 37.8 Å². The molecule has 4 aromatic rings. The lowest BCUT2D eigenvalue weighted by molar-refractivity contribution is 0.00414. The third kappa shape index (κ3) is 4.31. The summed E-state index contributed by atoms with van der Waals surface area (Å²) in [4.78, 5) is 19.0. The van der Waals surface area contributed by atoms with Gasteiger partial charge in [-0.25, -0.2) is 9.78 Å². The number of aromatic nitrogens is 3. The van der Waals surface area contributed by atoms with Gasteiger partial charge in [0.1, 0.15) is 11.3 Å². The van der Waals surface area contributed by atoms with Crippen molar-refractivity contribution in [2.75, 3.05) is 6.54 Å². The van der Waals surface area contributed by atoms with Crippen molar-refractivity contribution >= 4 is 28.7 Å². The second-order valence-corrected chi connectivity index (χ2v) is 10.2. The molecule has 8 nitrogen and oxygen atoms in total. The highest BCUT2D eigenvalue weighted by atomic mass is 35.5. The van der Waals surface area contributed by atoms with Gasteiger partial charge in [-0.3, -0.25) is 4.90 Å². The second-order valence-electron chi connectivity index (χ2n) is 9.77. The van der Waals surface area contributed by atoms with E-state index in [9.17, 15) is 10.1 Å². The van der Waals surface area contributed by atoms with Crippen molar-refractivity contribution in [3.63, 3.8) is 0 Å². The van der Waals surface area contributed by atoms with Crippen LogP contribution in [0.2, 0.25) is 5.02 Å². The van der Waals surface area contributed by atoms with Gasteiger partial charge in [-0.05, 0) is 61.9 Å². The van der Waals surface area contributed by atoms with Crippen molar-refractivity contribution < 1.29 is 14.1 Å². The molecule has 9 heteroatoms. The summed E-state index contributed by atoms with van der Waals surface area (Å²) in [5.74, 6) is 0.955. The minimum atomic E-state index is -0.493. The number of imidazole rings is 1. The van der Waals surface area contributed by atoms with Crippen molar-refractivity contribution in [1.29, 1.82) is 5.26 Å². The fourth-order valence-electron chi connectivity index (χ4n) is 5.53. The minimum Gasteiger partial charge on any atom is -0.441 e. The summed E-state index contributed by atoms with van der Waals surface area (Å²) in [7, 11) is 0. The van der Waals surface area contributed by atoms with Crippen LogP contribution in [-0.2, 0) is 17.8 Å². The summed E-state index contributed by atoms with van der Waals surface area (Å²) >= 11 is 5.97. The van der Waals surface area contributed by atoms with Gasteiger partial charge >= 0.3 is 6.09 Å². The van der Waals surface area contributed by atoms with Gasteiger partial charge in [0.15, 0.2) is 5.76 Å². The molecule has 2 atom stereocenters. The molecule has 1 amide bonds. The smallest absolute Gasteiger partial charge is 0.410 e. The molecule has 1 spiro atoms. The first kappa shape index (κ1) is 22.6. The van der Waals surface area contributed by atoms with E-state index >= 15 is 0 Å². The van der Waals surface area contributed by atoms with Gasteiger partial charge < -0.3 is 13.8 Å².